The van der Waals surface area contributed by atoms with Crippen molar-refractivity contribution in [2.75, 3.05) is 0 Å². The Morgan fingerprint density at radius 3 is 1.48 bits per heavy atom. The predicted octanol–water partition coefficient (Wildman–Crippen LogP) is 12.1. The molecule has 0 aliphatic heterocycles. The number of hydrogen-bond acceptors (Lipinski definition) is 5. The first kappa shape index (κ1) is 27.1. The molecular weight excluding hydrogens is 615 g/mol. The molecule has 0 fully saturated rings. The van der Waals surface area contributed by atoms with Crippen molar-refractivity contribution in [3.05, 3.63) is 152 Å². The summed E-state index contributed by atoms with van der Waals surface area (Å²) in [7, 11) is 0. The Kier molecular flexibility index (Phi) is 5.60. The van der Waals surface area contributed by atoms with Gasteiger partial charge in [-0.2, -0.15) is 0 Å². The lowest BCUT2D eigenvalue weighted by Gasteiger charge is -2.10. The van der Waals surface area contributed by atoms with E-state index < -0.39 is 0 Å². The predicted molar refractivity (Wildman–Crippen MR) is 203 cm³/mol. The second-order valence-corrected chi connectivity index (χ2v) is 12.8. The van der Waals surface area contributed by atoms with E-state index >= 15 is 0 Å². The van der Waals surface area contributed by atoms with Gasteiger partial charge >= 0.3 is 0 Å². The molecule has 0 aliphatic carbocycles. The fourth-order valence-corrected chi connectivity index (χ4v) is 7.64. The van der Waals surface area contributed by atoms with Gasteiger partial charge in [0, 0.05) is 44.4 Å². The van der Waals surface area contributed by atoms with Crippen molar-refractivity contribution in [1.82, 2.24) is 15.0 Å². The lowest BCUT2D eigenvalue weighted by Crippen LogP contribution is -1.89. The molecule has 0 atom stereocenters. The first-order valence-electron chi connectivity index (χ1n) is 16.7. The monoisotopic (exact) mass is 639 g/mol. The van der Waals surface area contributed by atoms with Crippen LogP contribution in [0.5, 0.6) is 0 Å². The van der Waals surface area contributed by atoms with Crippen LogP contribution in [0.25, 0.3) is 110 Å². The summed E-state index contributed by atoms with van der Waals surface area (Å²) < 4.78 is 12.8. The second-order valence-electron chi connectivity index (χ2n) is 12.8. The number of fused-ring (bicyclic) bond motifs is 12. The molecule has 0 bridgehead atoms. The van der Waals surface area contributed by atoms with Gasteiger partial charge in [-0.05, 0) is 111 Å². The van der Waals surface area contributed by atoms with E-state index in [4.69, 9.17) is 8.83 Å². The number of aromatic nitrogens is 3. The first-order valence-corrected chi connectivity index (χ1v) is 16.7. The van der Waals surface area contributed by atoms with Crippen molar-refractivity contribution < 1.29 is 8.83 Å². The van der Waals surface area contributed by atoms with Crippen LogP contribution >= 0.6 is 0 Å². The fraction of sp³-hybridized carbons (Fsp3) is 0. The third-order valence-corrected chi connectivity index (χ3v) is 10.0. The molecular formula is C45H25N3O2. The number of nitrogens with zero attached hydrogens (tertiary/aromatic N) is 3. The first-order chi connectivity index (χ1) is 24.7. The Bertz CT molecular complexity index is 3160. The van der Waals surface area contributed by atoms with E-state index in [0.29, 0.717) is 0 Å². The van der Waals surface area contributed by atoms with Crippen LogP contribution in [0.3, 0.4) is 0 Å². The fourth-order valence-electron chi connectivity index (χ4n) is 7.64. The quantitative estimate of drug-likeness (QED) is 0.180. The van der Waals surface area contributed by atoms with E-state index in [9.17, 15) is 0 Å². The van der Waals surface area contributed by atoms with Gasteiger partial charge in [0.15, 0.2) is 0 Å². The average molecular weight is 640 g/mol. The summed E-state index contributed by atoms with van der Waals surface area (Å²) in [6.07, 6.45) is 3.45. The molecule has 232 valence electrons. The highest BCUT2D eigenvalue weighted by atomic mass is 16.3. The zero-order valence-electron chi connectivity index (χ0n) is 26.6. The molecule has 4 aromatic heterocycles. The van der Waals surface area contributed by atoms with Crippen molar-refractivity contribution in [3.8, 4) is 33.8 Å². The summed E-state index contributed by atoms with van der Waals surface area (Å²) in [6.45, 7) is 0. The summed E-state index contributed by atoms with van der Waals surface area (Å²) in [4.78, 5) is 13.9. The Morgan fingerprint density at radius 2 is 0.820 bits per heavy atom. The van der Waals surface area contributed by atoms with Gasteiger partial charge in [-0.15, -0.1) is 0 Å². The van der Waals surface area contributed by atoms with Gasteiger partial charge in [-0.25, -0.2) is 9.97 Å². The van der Waals surface area contributed by atoms with Crippen LogP contribution in [0.2, 0.25) is 0 Å². The number of pyridine rings is 1. The van der Waals surface area contributed by atoms with Gasteiger partial charge in [0.05, 0.1) is 17.1 Å². The van der Waals surface area contributed by atoms with Crippen LogP contribution in [0.4, 0.5) is 0 Å². The third-order valence-electron chi connectivity index (χ3n) is 10.0. The lowest BCUT2D eigenvalue weighted by atomic mass is 9.93. The molecule has 0 N–H and O–H groups in total. The number of hydrogen-bond donors (Lipinski definition) is 0. The molecule has 5 nitrogen and oxygen atoms in total. The molecule has 0 amide bonds. The molecule has 50 heavy (non-hydrogen) atoms. The van der Waals surface area contributed by atoms with E-state index in [0.717, 1.165) is 77.6 Å². The van der Waals surface area contributed by atoms with E-state index in [1.165, 1.54) is 32.3 Å². The minimum absolute atomic E-state index is 0.828. The van der Waals surface area contributed by atoms with Crippen LogP contribution in [0, 0.1) is 0 Å². The molecule has 0 aliphatic rings. The molecule has 5 heteroatoms. The number of furan rings is 2. The lowest BCUT2D eigenvalue weighted by molar-refractivity contribution is 0.669. The van der Waals surface area contributed by atoms with Gasteiger partial charge in [0.1, 0.15) is 28.7 Å². The minimum atomic E-state index is 0.828. The summed E-state index contributed by atoms with van der Waals surface area (Å²) in [6, 6.07) is 48.6. The van der Waals surface area contributed by atoms with Crippen LogP contribution in [-0.2, 0) is 0 Å². The SMILES string of the molecule is c1ccc(-c2ccc3oc4ccc(-c5cc(-c6ccc7c(c6)oc6cc8c9ccccc9c9ccccc9c8cc67)ncn5)cc4c3c2)nc1. The van der Waals surface area contributed by atoms with E-state index in [-0.39, 0.29) is 0 Å². The van der Waals surface area contributed by atoms with Gasteiger partial charge in [0.2, 0.25) is 0 Å². The Balaban J connectivity index is 1.02. The molecule has 7 aromatic carbocycles. The summed E-state index contributed by atoms with van der Waals surface area (Å²) in [5.41, 5.74) is 8.98. The van der Waals surface area contributed by atoms with Crippen LogP contribution in [-0.4, -0.2) is 15.0 Å². The highest BCUT2D eigenvalue weighted by molar-refractivity contribution is 6.28. The average Bonchev–Trinajstić information content (AvgIpc) is 3.74. The van der Waals surface area contributed by atoms with Gasteiger partial charge in [0.25, 0.3) is 0 Å². The minimum Gasteiger partial charge on any atom is -0.456 e. The van der Waals surface area contributed by atoms with Crippen LogP contribution in [0.1, 0.15) is 0 Å². The molecule has 0 saturated heterocycles. The highest BCUT2D eigenvalue weighted by Gasteiger charge is 2.16. The molecule has 11 rings (SSSR count). The molecule has 4 heterocycles. The van der Waals surface area contributed by atoms with E-state index in [1.807, 2.05) is 42.6 Å². The third kappa shape index (κ3) is 4.04. The molecule has 0 unspecified atom stereocenters. The van der Waals surface area contributed by atoms with Gasteiger partial charge in [-0.1, -0.05) is 60.7 Å². The van der Waals surface area contributed by atoms with Gasteiger partial charge in [-0.3, -0.25) is 4.98 Å². The van der Waals surface area contributed by atoms with Crippen molar-refractivity contribution >= 4 is 76.2 Å². The Morgan fingerprint density at radius 1 is 0.300 bits per heavy atom. The molecule has 0 spiro atoms. The zero-order valence-corrected chi connectivity index (χ0v) is 26.6. The zero-order chi connectivity index (χ0) is 32.8. The normalized spacial score (nSPS) is 12.0. The summed E-state index contributed by atoms with van der Waals surface area (Å²) in [5, 5.41) is 11.7. The topological polar surface area (TPSA) is 65.0 Å². The maximum Gasteiger partial charge on any atom is 0.136 e. The van der Waals surface area contributed by atoms with Crippen molar-refractivity contribution in [1.29, 1.82) is 0 Å². The Labute approximate surface area is 285 Å². The van der Waals surface area contributed by atoms with Crippen molar-refractivity contribution in [2.24, 2.45) is 0 Å². The number of benzene rings is 7. The summed E-state index contributed by atoms with van der Waals surface area (Å²) >= 11 is 0. The van der Waals surface area contributed by atoms with Crippen molar-refractivity contribution in [2.45, 2.75) is 0 Å². The maximum atomic E-state index is 6.56. The Hall–Kier alpha value is -6.85. The molecule has 0 saturated carbocycles. The highest BCUT2D eigenvalue weighted by Crippen LogP contribution is 2.41. The van der Waals surface area contributed by atoms with E-state index in [1.54, 1.807) is 6.33 Å². The molecule has 0 radical (unpaired) electrons. The van der Waals surface area contributed by atoms with Crippen molar-refractivity contribution in [3.63, 3.8) is 0 Å². The van der Waals surface area contributed by atoms with Crippen LogP contribution in [0.15, 0.2) is 161 Å². The number of rotatable bonds is 3. The van der Waals surface area contributed by atoms with Gasteiger partial charge < -0.3 is 8.83 Å². The standard InChI is InChI=1S/C45H25N3O2/c1-3-9-31-29(7-1)30-8-2-4-10-32(30)35-23-45-38(22-34(31)35)33-15-12-28(21-44(33)50-45)41-24-40(47-25-48-41)27-14-17-43-37(20-27)36-19-26(13-16-42(36)49-43)39-11-5-6-18-46-39/h1-25H. The van der Waals surface area contributed by atoms with Crippen LogP contribution < -0.4 is 0 Å². The van der Waals surface area contributed by atoms with E-state index in [2.05, 4.69) is 118 Å². The largest absolute Gasteiger partial charge is 0.456 e. The maximum absolute atomic E-state index is 6.56. The smallest absolute Gasteiger partial charge is 0.136 e. The summed E-state index contributed by atoms with van der Waals surface area (Å²) in [5.74, 6) is 0. The molecule has 11 aromatic rings. The second kappa shape index (κ2) is 10.3.